The molecule has 1 heterocycles. The molecule has 3 aliphatic carbocycles. The van der Waals surface area contributed by atoms with Gasteiger partial charge in [0.15, 0.2) is 25.4 Å². The molecule has 0 unspecified atom stereocenters. The number of ketones is 2. The van der Waals surface area contributed by atoms with E-state index in [1.54, 1.807) is 20.8 Å². The van der Waals surface area contributed by atoms with Gasteiger partial charge >= 0.3 is 6.16 Å². The lowest BCUT2D eigenvalue weighted by molar-refractivity contribution is -0.140. The number of benzene rings is 3. The molecule has 4 aromatic rings. The number of ether oxygens (including phenoxy) is 3. The van der Waals surface area contributed by atoms with Gasteiger partial charge in [-0.15, -0.1) is 0 Å². The van der Waals surface area contributed by atoms with Crippen molar-refractivity contribution in [2.75, 3.05) is 20.6 Å². The highest BCUT2D eigenvalue weighted by atomic mass is 28.4. The number of aliphatic hydroxyl groups excluding tert-OH is 1. The number of carbonyl (C=O) groups excluding carboxylic acids is 3. The quantitative estimate of drug-likeness (QED) is 0.0640. The first-order valence-electron chi connectivity index (χ1n) is 21.3. The smallest absolute Gasteiger partial charge is 0.507 e. The number of nitrogens with zero attached hydrogens (tertiary/aromatic N) is 2. The van der Waals surface area contributed by atoms with Gasteiger partial charge in [-0.05, 0) is 118 Å². The summed E-state index contributed by atoms with van der Waals surface area (Å²) in [6.07, 6.45) is -0.318. The Morgan fingerprint density at radius 2 is 1.70 bits per heavy atom. The molecule has 13 heteroatoms. The summed E-state index contributed by atoms with van der Waals surface area (Å²) >= 11 is 0. The fourth-order valence-corrected chi connectivity index (χ4v) is 10.3. The molecule has 2 N–H and O–H groups in total. The van der Waals surface area contributed by atoms with Gasteiger partial charge in [0.1, 0.15) is 23.5 Å². The maximum absolute atomic E-state index is 16.0. The Hall–Kier alpha value is -4.82. The Bertz CT molecular complexity index is 2390. The van der Waals surface area contributed by atoms with Crippen molar-refractivity contribution in [1.29, 1.82) is 0 Å². The van der Waals surface area contributed by atoms with E-state index in [2.05, 4.69) is 45.1 Å². The van der Waals surface area contributed by atoms with E-state index < -0.39 is 60.2 Å². The molecule has 0 saturated heterocycles. The van der Waals surface area contributed by atoms with Crippen molar-refractivity contribution < 1.29 is 42.6 Å². The van der Waals surface area contributed by atoms with Crippen molar-refractivity contribution in [3.05, 3.63) is 93.7 Å². The molecule has 1 saturated carbocycles. The zero-order chi connectivity index (χ0) is 44.4. The summed E-state index contributed by atoms with van der Waals surface area (Å²) in [6.45, 7) is 21.2. The van der Waals surface area contributed by atoms with Crippen LogP contribution in [0.15, 0.2) is 64.7 Å². The van der Waals surface area contributed by atoms with Crippen molar-refractivity contribution in [3.63, 3.8) is 0 Å². The highest BCUT2D eigenvalue weighted by Crippen LogP contribution is 2.59. The van der Waals surface area contributed by atoms with Gasteiger partial charge in [-0.2, -0.15) is 0 Å². The largest absolute Gasteiger partial charge is 0.514 e. The minimum Gasteiger partial charge on any atom is -0.507 e. The molecule has 3 aliphatic rings. The van der Waals surface area contributed by atoms with Crippen LogP contribution in [0.1, 0.15) is 106 Å². The van der Waals surface area contributed by atoms with E-state index in [9.17, 15) is 9.90 Å². The molecule has 0 bridgehead atoms. The Balaban J connectivity index is 1.43. The molecule has 61 heavy (non-hydrogen) atoms. The number of aromatic nitrogens is 1. The second kappa shape index (κ2) is 16.1. The van der Waals surface area contributed by atoms with E-state index >= 15 is 9.59 Å². The van der Waals surface area contributed by atoms with Crippen LogP contribution in [0.5, 0.6) is 11.6 Å². The lowest BCUT2D eigenvalue weighted by Crippen LogP contribution is -2.68. The van der Waals surface area contributed by atoms with Gasteiger partial charge in [-0.3, -0.25) is 14.5 Å². The summed E-state index contributed by atoms with van der Waals surface area (Å²) in [7, 11) is 0.809. The maximum Gasteiger partial charge on any atom is 0.514 e. The third-order valence-corrected chi connectivity index (χ3v) is 17.0. The van der Waals surface area contributed by atoms with Gasteiger partial charge in [0.25, 0.3) is 5.88 Å². The molecule has 1 aromatic heterocycles. The van der Waals surface area contributed by atoms with Gasteiger partial charge in [0, 0.05) is 23.4 Å². The molecule has 0 spiro atoms. The SMILES string of the molecule is CC(C)CNCc1ccc2cc3c(c(OC(=O)OC(C)(C)C)c2c1)C(O)=C1C(=O)[C@]2(O[Si](C)(C)C(C)(C)C)C(=O)c4c(OCc5ccccc5)noc4[C@@H](N(C)C)[C@@H]2C[C@@H]1C3. The van der Waals surface area contributed by atoms with E-state index in [0.29, 0.717) is 42.0 Å². The number of hydrogen-bond donors (Lipinski definition) is 2. The molecule has 4 atom stereocenters. The fourth-order valence-electron chi connectivity index (χ4n) is 8.82. The highest BCUT2D eigenvalue weighted by Gasteiger charge is 2.69. The van der Waals surface area contributed by atoms with Gasteiger partial charge in [-0.1, -0.05) is 83.1 Å². The Kier molecular flexibility index (Phi) is 11.7. The van der Waals surface area contributed by atoms with Crippen molar-refractivity contribution in [2.45, 2.75) is 117 Å². The zero-order valence-corrected chi connectivity index (χ0v) is 38.6. The van der Waals surface area contributed by atoms with E-state index in [4.69, 9.17) is 23.2 Å². The van der Waals surface area contributed by atoms with Crippen LogP contribution in [0.2, 0.25) is 18.1 Å². The molecule has 3 aromatic carbocycles. The fraction of sp³-hybridized carbons (Fsp3) is 0.500. The number of fused-ring (bicyclic) bond motifs is 5. The van der Waals surface area contributed by atoms with E-state index in [1.165, 1.54) is 0 Å². The summed E-state index contributed by atoms with van der Waals surface area (Å²) in [5.41, 5.74) is -0.0781. The predicted molar refractivity (Wildman–Crippen MR) is 236 cm³/mol. The Morgan fingerprint density at radius 3 is 2.34 bits per heavy atom. The van der Waals surface area contributed by atoms with Gasteiger partial charge in [-0.25, -0.2) is 4.79 Å². The number of Topliss-reactive ketones (excluding diaryl/α,β-unsaturated/α-hetero) is 2. The van der Waals surface area contributed by atoms with E-state index in [1.807, 2.05) is 86.7 Å². The van der Waals surface area contributed by atoms with Crippen molar-refractivity contribution in [3.8, 4) is 11.6 Å². The molecule has 0 amide bonds. The third kappa shape index (κ3) is 8.17. The second-order valence-corrected chi connectivity index (χ2v) is 24.8. The first-order chi connectivity index (χ1) is 28.5. The minimum atomic E-state index is -2.96. The molecule has 326 valence electrons. The molecule has 0 aliphatic heterocycles. The molecule has 1 fully saturated rings. The Morgan fingerprint density at radius 1 is 1.00 bits per heavy atom. The topological polar surface area (TPSA) is 150 Å². The third-order valence-electron chi connectivity index (χ3n) is 12.6. The summed E-state index contributed by atoms with van der Waals surface area (Å²) < 4.78 is 31.3. The minimum absolute atomic E-state index is 0.0207. The zero-order valence-electron chi connectivity index (χ0n) is 37.6. The van der Waals surface area contributed by atoms with Crippen LogP contribution < -0.4 is 14.8 Å². The number of rotatable bonds is 11. The summed E-state index contributed by atoms with van der Waals surface area (Å²) in [5.74, 6) is -1.97. The van der Waals surface area contributed by atoms with Crippen LogP contribution in [0.4, 0.5) is 4.79 Å². The lowest BCUT2D eigenvalue weighted by Gasteiger charge is -2.55. The Labute approximate surface area is 360 Å². The van der Waals surface area contributed by atoms with Crippen molar-refractivity contribution in [2.24, 2.45) is 17.8 Å². The van der Waals surface area contributed by atoms with Gasteiger partial charge in [0.05, 0.1) is 11.6 Å². The number of nitrogens with one attached hydrogen (secondary N) is 1. The summed E-state index contributed by atoms with van der Waals surface area (Å²) in [4.78, 5) is 47.1. The normalized spacial score (nSPS) is 21.6. The second-order valence-electron chi connectivity index (χ2n) is 20.1. The molecular weight excluding hydrogens is 791 g/mol. The van der Waals surface area contributed by atoms with Crippen molar-refractivity contribution in [1.82, 2.24) is 15.4 Å². The summed E-state index contributed by atoms with van der Waals surface area (Å²) in [5, 5.41) is 21.4. The van der Waals surface area contributed by atoms with Gasteiger partial charge in [0.2, 0.25) is 11.6 Å². The number of carbonyl (C=O) groups is 3. The van der Waals surface area contributed by atoms with E-state index in [-0.39, 0.29) is 40.7 Å². The van der Waals surface area contributed by atoms with Crippen molar-refractivity contribution >= 4 is 42.6 Å². The molecule has 7 rings (SSSR count). The first kappa shape index (κ1) is 44.2. The van der Waals surface area contributed by atoms with Crippen LogP contribution in [0, 0.1) is 17.8 Å². The maximum atomic E-state index is 16.0. The number of hydrogen-bond acceptors (Lipinski definition) is 12. The summed E-state index contributed by atoms with van der Waals surface area (Å²) in [6, 6.07) is 16.8. The highest BCUT2D eigenvalue weighted by molar-refractivity contribution is 6.74. The van der Waals surface area contributed by atoms with Crippen LogP contribution in [-0.4, -0.2) is 73.0 Å². The average molecular weight is 852 g/mol. The molecular formula is C48H61N3O9Si. The lowest BCUT2D eigenvalue weighted by atomic mass is 9.57. The van der Waals surface area contributed by atoms with Crippen LogP contribution in [0.25, 0.3) is 16.5 Å². The van der Waals surface area contributed by atoms with Crippen LogP contribution in [-0.2, 0) is 33.5 Å². The molecule has 12 nitrogen and oxygen atoms in total. The molecule has 0 radical (unpaired) electrons. The standard InChI is InChI=1S/C48H61N3O9Si/c1-27(2)24-49-25-29-18-19-30-21-31-22-32-23-34-38(51(9)10)41-37(44(50-59-41)56-26-28-16-14-13-15-17-28)43(54)48(34,60-61(11,12)47(6,7)8)42(53)36(32)39(52)35(31)40(33(30)20-29)57-45(55)58-46(3,4)5/h13-21,27,32,34,38,49,52H,22-26H2,1-12H3/t32-,34-,38-,48-/m0/s1. The average Bonchev–Trinajstić information content (AvgIpc) is 3.57. The first-order valence-corrected chi connectivity index (χ1v) is 24.2. The van der Waals surface area contributed by atoms with E-state index in [0.717, 1.165) is 23.1 Å². The van der Waals surface area contributed by atoms with Crippen LogP contribution in [0.3, 0.4) is 0 Å². The van der Waals surface area contributed by atoms with Gasteiger partial charge < -0.3 is 33.6 Å². The predicted octanol–water partition coefficient (Wildman–Crippen LogP) is 9.76. The monoisotopic (exact) mass is 851 g/mol. The van der Waals surface area contributed by atoms with Crippen LogP contribution >= 0.6 is 0 Å². The number of aliphatic hydroxyl groups is 1.